The molecule has 3 rings (SSSR count). The second kappa shape index (κ2) is 11.8. The average Bonchev–Trinajstić information content (AvgIpc) is 2.88. The highest BCUT2D eigenvalue weighted by atomic mass is 16.5. The van der Waals surface area contributed by atoms with Gasteiger partial charge in [0.25, 0.3) is 11.8 Å². The van der Waals surface area contributed by atoms with E-state index in [1.807, 2.05) is 31.7 Å². The summed E-state index contributed by atoms with van der Waals surface area (Å²) >= 11 is 0. The molecular formula is C27H35N3O5. The van der Waals surface area contributed by atoms with Crippen LogP contribution in [0.4, 0.5) is 5.69 Å². The number of fused-ring (bicyclic) bond motifs is 1. The van der Waals surface area contributed by atoms with Gasteiger partial charge in [-0.1, -0.05) is 32.0 Å². The molecule has 1 heterocycles. The van der Waals surface area contributed by atoms with Gasteiger partial charge in [-0.15, -0.1) is 0 Å². The highest BCUT2D eigenvalue weighted by molar-refractivity contribution is 6.05. The van der Waals surface area contributed by atoms with Crippen LogP contribution in [-0.4, -0.2) is 73.5 Å². The maximum absolute atomic E-state index is 13.4. The number of nitrogens with one attached hydrogen (secondary N) is 1. The summed E-state index contributed by atoms with van der Waals surface area (Å²) in [5.41, 5.74) is 1.34. The zero-order valence-corrected chi connectivity index (χ0v) is 21.1. The van der Waals surface area contributed by atoms with E-state index in [1.165, 1.54) is 0 Å². The summed E-state index contributed by atoms with van der Waals surface area (Å²) in [6.07, 6.45) is 0.141. The number of ether oxygens (including phenoxy) is 2. The molecular weight excluding hydrogens is 446 g/mol. The molecule has 1 N–H and O–H groups in total. The number of nitrogens with zero attached hydrogens (tertiary/aromatic N) is 2. The van der Waals surface area contributed by atoms with Crippen LogP contribution >= 0.6 is 0 Å². The number of hydrogen-bond acceptors (Lipinski definition) is 5. The monoisotopic (exact) mass is 481 g/mol. The predicted molar refractivity (Wildman–Crippen MR) is 135 cm³/mol. The minimum absolute atomic E-state index is 0.00333. The predicted octanol–water partition coefficient (Wildman–Crippen LogP) is 3.68. The number of likely N-dealkylation sites (N-methyl/N-ethyl adjacent to an activating group) is 1. The Morgan fingerprint density at radius 3 is 2.49 bits per heavy atom. The van der Waals surface area contributed by atoms with Crippen molar-refractivity contribution in [1.29, 1.82) is 0 Å². The summed E-state index contributed by atoms with van der Waals surface area (Å²) in [4.78, 5) is 42.2. The second-order valence-corrected chi connectivity index (χ2v) is 9.03. The first-order chi connectivity index (χ1) is 16.7. The Kier molecular flexibility index (Phi) is 8.87. The molecule has 2 aromatic carbocycles. The zero-order valence-electron chi connectivity index (χ0n) is 21.1. The van der Waals surface area contributed by atoms with Crippen LogP contribution in [0.25, 0.3) is 0 Å². The van der Waals surface area contributed by atoms with Gasteiger partial charge in [0.2, 0.25) is 5.91 Å². The lowest BCUT2D eigenvalue weighted by Gasteiger charge is -2.36. The molecule has 3 atom stereocenters. The third-order valence-electron chi connectivity index (χ3n) is 6.36. The van der Waals surface area contributed by atoms with Gasteiger partial charge in [-0.25, -0.2) is 0 Å². The number of carbonyl (C=O) groups is 3. The Balaban J connectivity index is 1.94. The van der Waals surface area contributed by atoms with Crippen molar-refractivity contribution >= 4 is 23.4 Å². The topological polar surface area (TPSA) is 88.2 Å². The number of amides is 3. The van der Waals surface area contributed by atoms with Crippen LogP contribution in [0.1, 0.15) is 47.9 Å². The molecule has 0 saturated carbocycles. The van der Waals surface area contributed by atoms with Gasteiger partial charge in [0.05, 0.1) is 17.7 Å². The summed E-state index contributed by atoms with van der Waals surface area (Å²) in [6.45, 7) is 6.89. The van der Waals surface area contributed by atoms with Crippen molar-refractivity contribution < 1.29 is 23.9 Å². The quantitative estimate of drug-likeness (QED) is 0.720. The molecule has 188 valence electrons. The molecule has 2 aromatic rings. The van der Waals surface area contributed by atoms with E-state index in [9.17, 15) is 14.4 Å². The van der Waals surface area contributed by atoms with Crippen molar-refractivity contribution in [1.82, 2.24) is 9.80 Å². The van der Waals surface area contributed by atoms with E-state index in [0.29, 0.717) is 42.1 Å². The van der Waals surface area contributed by atoms with Crippen LogP contribution < -0.4 is 10.1 Å². The smallest absolute Gasteiger partial charge is 0.257 e. The number of rotatable bonds is 4. The molecule has 0 saturated heterocycles. The van der Waals surface area contributed by atoms with Crippen LogP contribution in [-0.2, 0) is 9.53 Å². The summed E-state index contributed by atoms with van der Waals surface area (Å²) in [7, 11) is 3.33. The molecule has 8 heteroatoms. The van der Waals surface area contributed by atoms with Crippen molar-refractivity contribution in [2.24, 2.45) is 5.92 Å². The third kappa shape index (κ3) is 6.39. The van der Waals surface area contributed by atoms with E-state index in [1.54, 1.807) is 61.5 Å². The SMILES string of the molecule is CCC(=O)N1C[C@@H](C)[C@H](OC)CN(C)C(=O)c2cc(NC(=O)c3ccccc3)ccc2OC[C@H]1C. The first-order valence-electron chi connectivity index (χ1n) is 12.0. The van der Waals surface area contributed by atoms with Crippen LogP contribution in [0.2, 0.25) is 0 Å². The number of methoxy groups -OCH3 is 1. The Morgan fingerprint density at radius 1 is 1.11 bits per heavy atom. The summed E-state index contributed by atoms with van der Waals surface area (Å²) in [6, 6.07) is 13.7. The highest BCUT2D eigenvalue weighted by Crippen LogP contribution is 2.27. The molecule has 0 unspecified atom stereocenters. The minimum Gasteiger partial charge on any atom is -0.491 e. The van der Waals surface area contributed by atoms with Gasteiger partial charge in [0, 0.05) is 50.8 Å². The fourth-order valence-corrected chi connectivity index (χ4v) is 4.20. The fourth-order valence-electron chi connectivity index (χ4n) is 4.20. The Labute approximate surface area is 207 Å². The zero-order chi connectivity index (χ0) is 25.5. The number of benzene rings is 2. The van der Waals surface area contributed by atoms with Crippen molar-refractivity contribution in [3.05, 3.63) is 59.7 Å². The molecule has 0 radical (unpaired) electrons. The van der Waals surface area contributed by atoms with E-state index in [-0.39, 0.29) is 42.4 Å². The first kappa shape index (κ1) is 26.2. The van der Waals surface area contributed by atoms with Gasteiger partial charge in [-0.3, -0.25) is 14.4 Å². The van der Waals surface area contributed by atoms with Crippen molar-refractivity contribution in [3.63, 3.8) is 0 Å². The van der Waals surface area contributed by atoms with E-state index < -0.39 is 0 Å². The Morgan fingerprint density at radius 2 is 1.83 bits per heavy atom. The number of carbonyl (C=O) groups excluding carboxylic acids is 3. The fraction of sp³-hybridized carbons (Fsp3) is 0.444. The Bertz CT molecular complexity index is 1040. The third-order valence-corrected chi connectivity index (χ3v) is 6.36. The van der Waals surface area contributed by atoms with Crippen LogP contribution in [0, 0.1) is 5.92 Å². The normalized spacial score (nSPS) is 21.3. The maximum atomic E-state index is 13.4. The van der Waals surface area contributed by atoms with E-state index in [0.717, 1.165) is 0 Å². The summed E-state index contributed by atoms with van der Waals surface area (Å²) < 4.78 is 11.8. The molecule has 8 nitrogen and oxygen atoms in total. The Hall–Kier alpha value is -3.39. The van der Waals surface area contributed by atoms with Gasteiger partial charge in [-0.2, -0.15) is 0 Å². The molecule has 0 bridgehead atoms. The van der Waals surface area contributed by atoms with Gasteiger partial charge in [0.15, 0.2) is 0 Å². The molecule has 1 aliphatic rings. The standard InChI is InChI=1S/C27H35N3O5/c1-6-25(31)30-15-18(2)24(34-5)16-29(4)27(33)22-14-21(12-13-23(22)35-17-19(30)3)28-26(32)20-10-8-7-9-11-20/h7-14,18-19,24H,6,15-17H2,1-5H3,(H,28,32)/t18-,19-,24-/m1/s1. The summed E-state index contributed by atoms with van der Waals surface area (Å²) in [5, 5.41) is 2.85. The lowest BCUT2D eigenvalue weighted by Crippen LogP contribution is -2.48. The van der Waals surface area contributed by atoms with Gasteiger partial charge in [-0.05, 0) is 37.3 Å². The largest absolute Gasteiger partial charge is 0.491 e. The van der Waals surface area contributed by atoms with Gasteiger partial charge < -0.3 is 24.6 Å². The molecule has 0 fully saturated rings. The minimum atomic E-state index is -0.268. The average molecular weight is 482 g/mol. The first-order valence-corrected chi connectivity index (χ1v) is 12.0. The number of anilines is 1. The second-order valence-electron chi connectivity index (χ2n) is 9.03. The van der Waals surface area contributed by atoms with Crippen LogP contribution in [0.3, 0.4) is 0 Å². The van der Waals surface area contributed by atoms with Gasteiger partial charge in [0.1, 0.15) is 12.4 Å². The van der Waals surface area contributed by atoms with E-state index >= 15 is 0 Å². The van der Waals surface area contributed by atoms with Crippen LogP contribution in [0.15, 0.2) is 48.5 Å². The van der Waals surface area contributed by atoms with E-state index in [2.05, 4.69) is 5.32 Å². The van der Waals surface area contributed by atoms with Crippen molar-refractivity contribution in [2.45, 2.75) is 39.3 Å². The lowest BCUT2D eigenvalue weighted by atomic mass is 10.0. The van der Waals surface area contributed by atoms with Crippen LogP contribution in [0.5, 0.6) is 5.75 Å². The lowest BCUT2D eigenvalue weighted by molar-refractivity contribution is -0.135. The highest BCUT2D eigenvalue weighted by Gasteiger charge is 2.30. The van der Waals surface area contributed by atoms with Crippen molar-refractivity contribution in [3.8, 4) is 5.75 Å². The summed E-state index contributed by atoms with van der Waals surface area (Å²) in [5.74, 6) is -0.0548. The maximum Gasteiger partial charge on any atom is 0.257 e. The molecule has 0 aromatic heterocycles. The molecule has 35 heavy (non-hydrogen) atoms. The van der Waals surface area contributed by atoms with E-state index in [4.69, 9.17) is 9.47 Å². The molecule has 3 amide bonds. The van der Waals surface area contributed by atoms with Crippen molar-refractivity contribution in [2.75, 3.05) is 39.2 Å². The van der Waals surface area contributed by atoms with Gasteiger partial charge >= 0.3 is 0 Å². The molecule has 0 aliphatic carbocycles. The number of hydrogen-bond donors (Lipinski definition) is 1. The molecule has 0 spiro atoms. The molecule has 1 aliphatic heterocycles.